The summed E-state index contributed by atoms with van der Waals surface area (Å²) in [6.07, 6.45) is 2.48. The van der Waals surface area contributed by atoms with Crippen LogP contribution in [0.5, 0.6) is 0 Å². The van der Waals surface area contributed by atoms with E-state index in [-0.39, 0.29) is 6.10 Å². The molecule has 4 heteroatoms. The Bertz CT molecular complexity index is 411. The topological polar surface area (TPSA) is 46.5 Å². The lowest BCUT2D eigenvalue weighted by Gasteiger charge is -2.12. The maximum absolute atomic E-state index is 11.1. The van der Waals surface area contributed by atoms with E-state index < -0.39 is 5.97 Å². The van der Waals surface area contributed by atoms with Gasteiger partial charge in [-0.3, -0.25) is 0 Å². The highest BCUT2D eigenvalue weighted by Crippen LogP contribution is 2.29. The Morgan fingerprint density at radius 2 is 2.41 bits per heavy atom. The molecule has 17 heavy (non-hydrogen) atoms. The first-order chi connectivity index (χ1) is 8.18. The smallest absolute Gasteiger partial charge is 0.336 e. The molecule has 0 saturated carbocycles. The predicted molar refractivity (Wildman–Crippen MR) is 67.8 cm³/mol. The van der Waals surface area contributed by atoms with Crippen LogP contribution >= 0.6 is 11.8 Å². The highest BCUT2D eigenvalue weighted by molar-refractivity contribution is 7.99. The van der Waals surface area contributed by atoms with Crippen molar-refractivity contribution in [3.63, 3.8) is 0 Å². The predicted octanol–water partition coefficient (Wildman–Crippen LogP) is 2.96. The van der Waals surface area contributed by atoms with Crippen molar-refractivity contribution in [2.75, 3.05) is 12.4 Å². The summed E-state index contributed by atoms with van der Waals surface area (Å²) in [5.41, 5.74) is 1.42. The molecule has 2 rings (SSSR count). The average molecular weight is 252 g/mol. The van der Waals surface area contributed by atoms with Gasteiger partial charge in [-0.15, -0.1) is 11.8 Å². The van der Waals surface area contributed by atoms with Crippen molar-refractivity contribution in [3.05, 3.63) is 29.3 Å². The molecule has 1 heterocycles. The van der Waals surface area contributed by atoms with Gasteiger partial charge >= 0.3 is 5.97 Å². The minimum atomic E-state index is -0.858. The highest BCUT2D eigenvalue weighted by Gasteiger charge is 2.18. The molecule has 0 spiro atoms. The van der Waals surface area contributed by atoms with E-state index in [0.717, 1.165) is 35.7 Å². The molecule has 1 unspecified atom stereocenters. The number of aromatic carboxylic acids is 1. The Hall–Kier alpha value is -1.00. The van der Waals surface area contributed by atoms with Crippen molar-refractivity contribution in [2.24, 2.45) is 0 Å². The van der Waals surface area contributed by atoms with Gasteiger partial charge in [0.1, 0.15) is 0 Å². The monoisotopic (exact) mass is 252 g/mol. The molecule has 1 aliphatic heterocycles. The van der Waals surface area contributed by atoms with Gasteiger partial charge in [-0.05, 0) is 31.4 Å². The average Bonchev–Trinajstić information content (AvgIpc) is 2.80. The fourth-order valence-electron chi connectivity index (χ4n) is 1.96. The first-order valence-corrected chi connectivity index (χ1v) is 6.74. The number of hydrogen-bond acceptors (Lipinski definition) is 3. The molecule has 1 aromatic rings. The molecule has 0 bridgehead atoms. The Labute approximate surface area is 105 Å². The number of carbonyl (C=O) groups is 1. The SMILES string of the molecule is Cc1cccc(C(=O)O)c1SCC1CCCO1. The molecular formula is C13H16O3S. The second-order valence-electron chi connectivity index (χ2n) is 4.20. The van der Waals surface area contributed by atoms with Crippen LogP contribution in [-0.4, -0.2) is 29.5 Å². The minimum absolute atomic E-state index is 0.279. The summed E-state index contributed by atoms with van der Waals surface area (Å²) in [5.74, 6) is -0.0194. The van der Waals surface area contributed by atoms with E-state index in [1.165, 1.54) is 0 Å². The standard InChI is InChI=1S/C13H16O3S/c1-9-4-2-6-11(13(14)15)12(9)17-8-10-5-3-7-16-10/h2,4,6,10H,3,5,7-8H2,1H3,(H,14,15). The van der Waals surface area contributed by atoms with Crippen LogP contribution in [0.25, 0.3) is 0 Å². The number of carboxylic acid groups (broad SMARTS) is 1. The first-order valence-electron chi connectivity index (χ1n) is 5.76. The van der Waals surface area contributed by atoms with Gasteiger partial charge in [0.25, 0.3) is 0 Å². The number of thioether (sulfide) groups is 1. The van der Waals surface area contributed by atoms with Crippen molar-refractivity contribution in [2.45, 2.75) is 30.8 Å². The largest absolute Gasteiger partial charge is 0.478 e. The fraction of sp³-hybridized carbons (Fsp3) is 0.462. The lowest BCUT2D eigenvalue weighted by Crippen LogP contribution is -2.09. The molecule has 1 fully saturated rings. The summed E-state index contributed by atoms with van der Waals surface area (Å²) in [6.45, 7) is 2.79. The van der Waals surface area contributed by atoms with Crippen molar-refractivity contribution in [1.29, 1.82) is 0 Å². The molecule has 0 radical (unpaired) electrons. The normalized spacial score (nSPS) is 19.5. The van der Waals surface area contributed by atoms with Gasteiger partial charge in [0.2, 0.25) is 0 Å². The van der Waals surface area contributed by atoms with Gasteiger partial charge in [0.15, 0.2) is 0 Å². The highest BCUT2D eigenvalue weighted by atomic mass is 32.2. The number of ether oxygens (including phenoxy) is 1. The van der Waals surface area contributed by atoms with Gasteiger partial charge in [-0.25, -0.2) is 4.79 Å². The lowest BCUT2D eigenvalue weighted by molar-refractivity contribution is 0.0693. The molecule has 92 valence electrons. The maximum atomic E-state index is 11.1. The molecule has 0 amide bonds. The summed E-state index contributed by atoms with van der Waals surface area (Å²) in [7, 11) is 0. The van der Waals surface area contributed by atoms with Crippen LogP contribution in [0, 0.1) is 6.92 Å². The van der Waals surface area contributed by atoms with Crippen LogP contribution in [-0.2, 0) is 4.74 Å². The third-order valence-electron chi connectivity index (χ3n) is 2.88. The quantitative estimate of drug-likeness (QED) is 0.837. The number of benzene rings is 1. The summed E-state index contributed by atoms with van der Waals surface area (Å²) in [6, 6.07) is 5.40. The Morgan fingerprint density at radius 3 is 3.06 bits per heavy atom. The summed E-state index contributed by atoms with van der Waals surface area (Å²) in [4.78, 5) is 12.0. The number of rotatable bonds is 4. The second kappa shape index (κ2) is 5.56. The molecule has 0 aliphatic carbocycles. The Morgan fingerprint density at radius 1 is 1.59 bits per heavy atom. The van der Waals surface area contributed by atoms with Crippen molar-refractivity contribution in [1.82, 2.24) is 0 Å². The van der Waals surface area contributed by atoms with Gasteiger partial charge in [0.05, 0.1) is 11.7 Å². The zero-order valence-electron chi connectivity index (χ0n) is 9.81. The van der Waals surface area contributed by atoms with Gasteiger partial charge in [-0.1, -0.05) is 12.1 Å². The van der Waals surface area contributed by atoms with E-state index >= 15 is 0 Å². The molecule has 1 atom stereocenters. The molecular weight excluding hydrogens is 236 g/mol. The van der Waals surface area contributed by atoms with Crippen LogP contribution in [0.2, 0.25) is 0 Å². The van der Waals surface area contributed by atoms with E-state index in [2.05, 4.69) is 0 Å². The third kappa shape index (κ3) is 3.01. The summed E-state index contributed by atoms with van der Waals surface area (Å²) >= 11 is 1.59. The van der Waals surface area contributed by atoms with Crippen LogP contribution < -0.4 is 0 Å². The van der Waals surface area contributed by atoms with Crippen molar-refractivity contribution in [3.8, 4) is 0 Å². The zero-order valence-corrected chi connectivity index (χ0v) is 10.6. The molecule has 1 saturated heterocycles. The first kappa shape index (κ1) is 12.5. The number of hydrogen-bond donors (Lipinski definition) is 1. The van der Waals surface area contributed by atoms with Crippen LogP contribution in [0.3, 0.4) is 0 Å². The zero-order chi connectivity index (χ0) is 12.3. The number of carboxylic acids is 1. The van der Waals surface area contributed by atoms with Crippen molar-refractivity contribution >= 4 is 17.7 Å². The van der Waals surface area contributed by atoms with Crippen LogP contribution in [0.15, 0.2) is 23.1 Å². The lowest BCUT2D eigenvalue weighted by atomic mass is 10.1. The maximum Gasteiger partial charge on any atom is 0.336 e. The third-order valence-corrected chi connectivity index (χ3v) is 4.25. The molecule has 1 N–H and O–H groups in total. The summed E-state index contributed by atoms with van der Waals surface area (Å²) < 4.78 is 5.55. The van der Waals surface area contributed by atoms with Gasteiger partial charge in [-0.2, -0.15) is 0 Å². The van der Waals surface area contributed by atoms with E-state index in [1.807, 2.05) is 13.0 Å². The van der Waals surface area contributed by atoms with Crippen LogP contribution in [0.4, 0.5) is 0 Å². The Kier molecular flexibility index (Phi) is 4.07. The van der Waals surface area contributed by atoms with Crippen molar-refractivity contribution < 1.29 is 14.6 Å². The molecule has 1 aliphatic rings. The fourth-order valence-corrected chi connectivity index (χ4v) is 3.19. The van der Waals surface area contributed by atoms with E-state index in [4.69, 9.17) is 9.84 Å². The summed E-state index contributed by atoms with van der Waals surface area (Å²) in [5, 5.41) is 9.14. The van der Waals surface area contributed by atoms with Gasteiger partial charge in [0, 0.05) is 17.3 Å². The van der Waals surface area contributed by atoms with E-state index in [9.17, 15) is 4.79 Å². The van der Waals surface area contributed by atoms with Gasteiger partial charge < -0.3 is 9.84 Å². The molecule has 0 aromatic heterocycles. The van der Waals surface area contributed by atoms with E-state index in [1.54, 1.807) is 23.9 Å². The Balaban J connectivity index is 2.10. The van der Waals surface area contributed by atoms with E-state index in [0.29, 0.717) is 5.56 Å². The minimum Gasteiger partial charge on any atom is -0.478 e. The number of aryl methyl sites for hydroxylation is 1. The molecule has 1 aromatic carbocycles. The molecule has 3 nitrogen and oxygen atoms in total. The van der Waals surface area contributed by atoms with Crippen LogP contribution in [0.1, 0.15) is 28.8 Å². The second-order valence-corrected chi connectivity index (χ2v) is 5.23.